The molecule has 2 N–H and O–H groups in total. The zero-order valence-corrected chi connectivity index (χ0v) is 13.6. The van der Waals surface area contributed by atoms with E-state index in [0.717, 1.165) is 25.1 Å². The first-order valence-corrected chi connectivity index (χ1v) is 7.78. The molecule has 0 saturated carbocycles. The Morgan fingerprint density at radius 2 is 2.18 bits per heavy atom. The van der Waals surface area contributed by atoms with Crippen LogP contribution < -0.4 is 5.32 Å². The van der Waals surface area contributed by atoms with Gasteiger partial charge >= 0.3 is 6.09 Å². The number of carbonyl (C=O) groups excluding carboxylic acids is 1. The highest BCUT2D eigenvalue weighted by Crippen LogP contribution is 2.20. The van der Waals surface area contributed by atoms with E-state index in [4.69, 9.17) is 14.3 Å². The van der Waals surface area contributed by atoms with Gasteiger partial charge in [-0.25, -0.2) is 4.79 Å². The summed E-state index contributed by atoms with van der Waals surface area (Å²) in [6.45, 7) is 7.58. The molecule has 1 aliphatic rings. The molecule has 0 radical (unpaired) electrons. The molecule has 0 bridgehead atoms. The highest BCUT2D eigenvalue weighted by Gasteiger charge is 2.31. The fourth-order valence-corrected chi connectivity index (χ4v) is 2.57. The summed E-state index contributed by atoms with van der Waals surface area (Å²) in [6.07, 6.45) is 1.74. The molecule has 1 fully saturated rings. The van der Waals surface area contributed by atoms with Gasteiger partial charge in [0.15, 0.2) is 0 Å². The number of aliphatic hydroxyl groups excluding tert-OH is 1. The molecule has 1 aromatic heterocycles. The first kappa shape index (κ1) is 16.8. The van der Waals surface area contributed by atoms with Crippen molar-refractivity contribution in [3.8, 4) is 0 Å². The zero-order valence-electron chi connectivity index (χ0n) is 13.6. The number of nitrogens with one attached hydrogen (secondary N) is 1. The second-order valence-corrected chi connectivity index (χ2v) is 6.63. The number of rotatable bonds is 5. The van der Waals surface area contributed by atoms with Crippen molar-refractivity contribution >= 4 is 6.09 Å². The molecule has 1 unspecified atom stereocenters. The first-order valence-electron chi connectivity index (χ1n) is 7.78. The molecule has 6 nitrogen and oxygen atoms in total. The Morgan fingerprint density at radius 3 is 2.82 bits per heavy atom. The summed E-state index contributed by atoms with van der Waals surface area (Å²) in [7, 11) is 0. The molecular formula is C16H26N2O4. The summed E-state index contributed by atoms with van der Waals surface area (Å²) in [5.41, 5.74) is -0.466. The predicted molar refractivity (Wildman–Crippen MR) is 82.3 cm³/mol. The van der Waals surface area contributed by atoms with Crippen molar-refractivity contribution in [2.24, 2.45) is 0 Å². The van der Waals surface area contributed by atoms with Crippen LogP contribution in [-0.2, 0) is 17.9 Å². The lowest BCUT2D eigenvalue weighted by Gasteiger charge is -2.28. The van der Waals surface area contributed by atoms with Gasteiger partial charge in [0.2, 0.25) is 0 Å². The van der Waals surface area contributed by atoms with E-state index in [2.05, 4.69) is 5.32 Å². The van der Waals surface area contributed by atoms with Crippen molar-refractivity contribution < 1.29 is 19.1 Å². The molecule has 1 amide bonds. The molecule has 2 heterocycles. The number of carbonyl (C=O) groups is 1. The lowest BCUT2D eigenvalue weighted by Crippen LogP contribution is -2.43. The molecule has 0 aliphatic carbocycles. The minimum Gasteiger partial charge on any atom is -0.462 e. The Balaban J connectivity index is 1.80. The van der Waals surface area contributed by atoms with Crippen molar-refractivity contribution in [1.29, 1.82) is 0 Å². The van der Waals surface area contributed by atoms with Gasteiger partial charge in [0.1, 0.15) is 23.7 Å². The number of hydrogen-bond donors (Lipinski definition) is 2. The van der Waals surface area contributed by atoms with Crippen LogP contribution >= 0.6 is 0 Å². The maximum absolute atomic E-state index is 12.2. The molecule has 0 aromatic carbocycles. The quantitative estimate of drug-likeness (QED) is 0.872. The Bertz CT molecular complexity index is 493. The maximum Gasteiger partial charge on any atom is 0.410 e. The summed E-state index contributed by atoms with van der Waals surface area (Å²) in [4.78, 5) is 14.0. The average molecular weight is 310 g/mol. The van der Waals surface area contributed by atoms with Crippen LogP contribution in [0.2, 0.25) is 0 Å². The van der Waals surface area contributed by atoms with Crippen LogP contribution in [0.1, 0.15) is 45.1 Å². The number of amides is 1. The first-order chi connectivity index (χ1) is 10.4. The van der Waals surface area contributed by atoms with Crippen LogP contribution in [0.5, 0.6) is 0 Å². The lowest BCUT2D eigenvalue weighted by molar-refractivity contribution is 0.0226. The van der Waals surface area contributed by atoms with E-state index < -0.39 is 5.60 Å². The Kier molecular flexibility index (Phi) is 5.47. The Hall–Kier alpha value is -1.53. The van der Waals surface area contributed by atoms with Gasteiger partial charge in [-0.2, -0.15) is 0 Å². The lowest BCUT2D eigenvalue weighted by atomic mass is 10.2. The predicted octanol–water partition coefficient (Wildman–Crippen LogP) is 2.26. The molecule has 2 rings (SSSR count). The SMILES string of the molecule is CC(C)(C)OC(=O)N1CCCC1CNCc1ccc(CO)o1. The van der Waals surface area contributed by atoms with Crippen LogP contribution in [0, 0.1) is 0 Å². The van der Waals surface area contributed by atoms with Gasteiger partial charge in [-0.1, -0.05) is 0 Å². The molecule has 6 heteroatoms. The highest BCUT2D eigenvalue weighted by molar-refractivity contribution is 5.69. The largest absolute Gasteiger partial charge is 0.462 e. The summed E-state index contributed by atoms with van der Waals surface area (Å²) >= 11 is 0. The molecular weight excluding hydrogens is 284 g/mol. The minimum absolute atomic E-state index is 0.0882. The van der Waals surface area contributed by atoms with Gasteiger partial charge in [-0.05, 0) is 45.7 Å². The van der Waals surface area contributed by atoms with Crippen molar-refractivity contribution in [2.75, 3.05) is 13.1 Å². The molecule has 0 spiro atoms. The van der Waals surface area contributed by atoms with Gasteiger partial charge in [0, 0.05) is 19.1 Å². The Labute approximate surface area is 131 Å². The van der Waals surface area contributed by atoms with Crippen LogP contribution in [0.15, 0.2) is 16.5 Å². The number of furan rings is 1. The van der Waals surface area contributed by atoms with E-state index in [0.29, 0.717) is 18.8 Å². The molecule has 22 heavy (non-hydrogen) atoms. The fourth-order valence-electron chi connectivity index (χ4n) is 2.57. The van der Waals surface area contributed by atoms with E-state index in [1.807, 2.05) is 26.8 Å². The second-order valence-electron chi connectivity index (χ2n) is 6.63. The van der Waals surface area contributed by atoms with Crippen LogP contribution in [0.3, 0.4) is 0 Å². The van der Waals surface area contributed by atoms with E-state index in [1.165, 1.54) is 0 Å². The molecule has 1 aliphatic heterocycles. The third-order valence-corrected chi connectivity index (χ3v) is 3.56. The van der Waals surface area contributed by atoms with Crippen LogP contribution in [0.25, 0.3) is 0 Å². The third kappa shape index (κ3) is 4.74. The number of nitrogens with zero attached hydrogens (tertiary/aromatic N) is 1. The van der Waals surface area contributed by atoms with E-state index in [1.54, 1.807) is 11.0 Å². The minimum atomic E-state index is -0.466. The van der Waals surface area contributed by atoms with Crippen molar-refractivity contribution in [3.05, 3.63) is 23.7 Å². The number of ether oxygens (including phenoxy) is 1. The summed E-state index contributed by atoms with van der Waals surface area (Å²) in [6, 6.07) is 3.76. The number of hydrogen-bond acceptors (Lipinski definition) is 5. The van der Waals surface area contributed by atoms with Crippen LogP contribution in [0.4, 0.5) is 4.79 Å². The van der Waals surface area contributed by atoms with Crippen LogP contribution in [-0.4, -0.2) is 40.8 Å². The number of likely N-dealkylation sites (tertiary alicyclic amines) is 1. The third-order valence-electron chi connectivity index (χ3n) is 3.56. The Morgan fingerprint density at radius 1 is 1.45 bits per heavy atom. The average Bonchev–Trinajstić information content (AvgIpc) is 3.05. The topological polar surface area (TPSA) is 74.9 Å². The van der Waals surface area contributed by atoms with E-state index in [-0.39, 0.29) is 18.7 Å². The molecule has 1 atom stereocenters. The molecule has 124 valence electrons. The fraction of sp³-hybridized carbons (Fsp3) is 0.688. The zero-order chi connectivity index (χ0) is 16.2. The summed E-state index contributed by atoms with van der Waals surface area (Å²) < 4.78 is 10.9. The monoisotopic (exact) mass is 310 g/mol. The second kappa shape index (κ2) is 7.15. The van der Waals surface area contributed by atoms with Crippen molar-refractivity contribution in [2.45, 2.75) is 58.4 Å². The van der Waals surface area contributed by atoms with Gasteiger partial charge in [-0.3, -0.25) is 0 Å². The normalized spacial score (nSPS) is 18.7. The molecule has 1 aromatic rings. The van der Waals surface area contributed by atoms with Gasteiger partial charge in [0.25, 0.3) is 0 Å². The van der Waals surface area contributed by atoms with Crippen molar-refractivity contribution in [3.63, 3.8) is 0 Å². The maximum atomic E-state index is 12.2. The number of aliphatic hydroxyl groups is 1. The molecule has 1 saturated heterocycles. The highest BCUT2D eigenvalue weighted by atomic mass is 16.6. The van der Waals surface area contributed by atoms with Crippen molar-refractivity contribution in [1.82, 2.24) is 10.2 Å². The smallest absolute Gasteiger partial charge is 0.410 e. The summed E-state index contributed by atoms with van der Waals surface area (Å²) in [5, 5.41) is 12.3. The van der Waals surface area contributed by atoms with E-state index in [9.17, 15) is 4.79 Å². The standard InChI is InChI=1S/C16H26N2O4/c1-16(2,3)22-15(20)18-8-4-5-12(18)9-17-10-13-6-7-14(11-19)21-13/h6-7,12,17,19H,4-5,8-11H2,1-3H3. The van der Waals surface area contributed by atoms with Gasteiger partial charge in [0.05, 0.1) is 6.54 Å². The van der Waals surface area contributed by atoms with Gasteiger partial charge < -0.3 is 24.5 Å². The van der Waals surface area contributed by atoms with E-state index >= 15 is 0 Å². The summed E-state index contributed by atoms with van der Waals surface area (Å²) in [5.74, 6) is 1.35. The van der Waals surface area contributed by atoms with Gasteiger partial charge in [-0.15, -0.1) is 0 Å².